The average molecular weight is 296 g/mol. The van der Waals surface area contributed by atoms with Crippen molar-refractivity contribution in [3.63, 3.8) is 0 Å². The maximum absolute atomic E-state index is 14.2. The van der Waals surface area contributed by atoms with Crippen LogP contribution in [0, 0.1) is 5.82 Å². The van der Waals surface area contributed by atoms with Crippen LogP contribution in [0.1, 0.15) is 36.7 Å². The lowest BCUT2D eigenvalue weighted by Crippen LogP contribution is -2.23. The molecule has 0 aliphatic heterocycles. The molecule has 20 heavy (non-hydrogen) atoms. The fourth-order valence-corrected chi connectivity index (χ4v) is 2.55. The van der Waals surface area contributed by atoms with Gasteiger partial charge in [0.2, 0.25) is 0 Å². The van der Waals surface area contributed by atoms with Crippen LogP contribution in [0.15, 0.2) is 24.4 Å². The average Bonchev–Trinajstić information content (AvgIpc) is 2.78. The van der Waals surface area contributed by atoms with Crippen molar-refractivity contribution in [1.82, 2.24) is 15.1 Å². The number of benzene rings is 1. The van der Waals surface area contributed by atoms with Gasteiger partial charge in [0.05, 0.1) is 11.7 Å². The Kier molecular flexibility index (Phi) is 4.78. The van der Waals surface area contributed by atoms with E-state index in [4.69, 9.17) is 11.6 Å². The predicted molar refractivity (Wildman–Crippen MR) is 79.5 cm³/mol. The Morgan fingerprint density at radius 2 is 2.10 bits per heavy atom. The minimum atomic E-state index is -0.297. The molecule has 108 valence electrons. The summed E-state index contributed by atoms with van der Waals surface area (Å²) in [6.45, 7) is 4.79. The number of hydrogen-bond acceptors (Lipinski definition) is 2. The zero-order valence-corrected chi connectivity index (χ0v) is 12.7. The first-order chi connectivity index (χ1) is 9.56. The maximum Gasteiger partial charge on any atom is 0.129 e. The molecular formula is C15H19ClFN3. The molecule has 3 nitrogen and oxygen atoms in total. The van der Waals surface area contributed by atoms with Gasteiger partial charge in [0.1, 0.15) is 5.82 Å². The molecule has 0 spiro atoms. The molecule has 1 aromatic carbocycles. The van der Waals surface area contributed by atoms with E-state index in [1.54, 1.807) is 16.8 Å². The summed E-state index contributed by atoms with van der Waals surface area (Å²) in [5, 5.41) is 8.17. The number of rotatable bonds is 5. The second-order valence-electron chi connectivity index (χ2n) is 4.71. The van der Waals surface area contributed by atoms with Gasteiger partial charge in [-0.15, -0.1) is 0 Å². The fourth-order valence-electron chi connectivity index (χ4n) is 2.40. The summed E-state index contributed by atoms with van der Waals surface area (Å²) in [7, 11) is 1.88. The van der Waals surface area contributed by atoms with Crippen molar-refractivity contribution >= 4 is 11.6 Å². The monoisotopic (exact) mass is 295 g/mol. The van der Waals surface area contributed by atoms with E-state index < -0.39 is 0 Å². The van der Waals surface area contributed by atoms with Gasteiger partial charge < -0.3 is 5.32 Å². The summed E-state index contributed by atoms with van der Waals surface area (Å²) >= 11 is 5.83. The SMILES string of the molecule is CCNC(c1ccc(Cl)cc1F)c1cn(C)nc1CC. The van der Waals surface area contributed by atoms with Crippen molar-refractivity contribution in [3.8, 4) is 0 Å². The van der Waals surface area contributed by atoms with Crippen molar-refractivity contribution in [2.75, 3.05) is 6.54 Å². The third-order valence-electron chi connectivity index (χ3n) is 3.27. The van der Waals surface area contributed by atoms with Crippen LogP contribution in [0.5, 0.6) is 0 Å². The molecule has 0 aliphatic rings. The standard InChI is InChI=1S/C15H19ClFN3/c1-4-14-12(9-20(3)19-14)15(18-5-2)11-7-6-10(16)8-13(11)17/h6-9,15,18H,4-5H2,1-3H3. The molecule has 5 heteroatoms. The summed E-state index contributed by atoms with van der Waals surface area (Å²) in [6, 6.07) is 4.59. The molecule has 1 heterocycles. The summed E-state index contributed by atoms with van der Waals surface area (Å²) in [5.41, 5.74) is 2.59. The normalized spacial score (nSPS) is 12.7. The molecule has 0 radical (unpaired) electrons. The van der Waals surface area contributed by atoms with Crippen molar-refractivity contribution < 1.29 is 4.39 Å². The molecule has 2 rings (SSSR count). The lowest BCUT2D eigenvalue weighted by atomic mass is 9.97. The maximum atomic E-state index is 14.2. The lowest BCUT2D eigenvalue weighted by molar-refractivity contribution is 0.557. The van der Waals surface area contributed by atoms with Crippen molar-refractivity contribution in [1.29, 1.82) is 0 Å². The van der Waals surface area contributed by atoms with Crippen molar-refractivity contribution in [2.45, 2.75) is 26.3 Å². The molecule has 2 aromatic rings. The Labute approximate surface area is 123 Å². The first-order valence-corrected chi connectivity index (χ1v) is 7.15. The van der Waals surface area contributed by atoms with E-state index in [1.807, 2.05) is 27.1 Å². The van der Waals surface area contributed by atoms with Crippen molar-refractivity contribution in [2.24, 2.45) is 7.05 Å². The van der Waals surface area contributed by atoms with Crippen LogP contribution in [0.25, 0.3) is 0 Å². The van der Waals surface area contributed by atoms with Gasteiger partial charge in [-0.3, -0.25) is 4.68 Å². The lowest BCUT2D eigenvalue weighted by Gasteiger charge is -2.19. The van der Waals surface area contributed by atoms with Gasteiger partial charge >= 0.3 is 0 Å². The number of nitrogens with zero attached hydrogens (tertiary/aromatic N) is 2. The van der Waals surface area contributed by atoms with Gasteiger partial charge in [-0.05, 0) is 25.1 Å². The van der Waals surface area contributed by atoms with Gasteiger partial charge in [0, 0.05) is 29.4 Å². The van der Waals surface area contributed by atoms with E-state index in [-0.39, 0.29) is 11.9 Å². The Morgan fingerprint density at radius 1 is 1.35 bits per heavy atom. The van der Waals surface area contributed by atoms with Crippen LogP contribution in [0.3, 0.4) is 0 Å². The highest BCUT2D eigenvalue weighted by Gasteiger charge is 2.21. The minimum Gasteiger partial charge on any atom is -0.306 e. The van der Waals surface area contributed by atoms with Gasteiger partial charge in [0.15, 0.2) is 0 Å². The van der Waals surface area contributed by atoms with Crippen LogP contribution in [-0.2, 0) is 13.5 Å². The second kappa shape index (κ2) is 6.37. The van der Waals surface area contributed by atoms with E-state index in [2.05, 4.69) is 10.4 Å². The molecule has 1 N–H and O–H groups in total. The Hall–Kier alpha value is -1.39. The van der Waals surface area contributed by atoms with E-state index in [1.165, 1.54) is 6.07 Å². The van der Waals surface area contributed by atoms with Crippen LogP contribution in [0.2, 0.25) is 5.02 Å². The Balaban J connectivity index is 2.49. The third-order valence-corrected chi connectivity index (χ3v) is 3.50. The van der Waals surface area contributed by atoms with Gasteiger partial charge in [-0.25, -0.2) is 4.39 Å². The molecule has 1 unspecified atom stereocenters. The largest absolute Gasteiger partial charge is 0.306 e. The Bertz CT molecular complexity index is 595. The summed E-state index contributed by atoms with van der Waals surface area (Å²) < 4.78 is 16.0. The highest BCUT2D eigenvalue weighted by atomic mass is 35.5. The number of aromatic nitrogens is 2. The molecule has 0 amide bonds. The zero-order chi connectivity index (χ0) is 14.7. The predicted octanol–water partition coefficient (Wildman–Crippen LogP) is 3.47. The molecule has 0 aliphatic carbocycles. The molecule has 0 fully saturated rings. The zero-order valence-electron chi connectivity index (χ0n) is 12.0. The summed E-state index contributed by atoms with van der Waals surface area (Å²) in [4.78, 5) is 0. The first kappa shape index (κ1) is 15.0. The first-order valence-electron chi connectivity index (χ1n) is 6.77. The summed E-state index contributed by atoms with van der Waals surface area (Å²) in [6.07, 6.45) is 2.76. The fraction of sp³-hybridized carbons (Fsp3) is 0.400. The van der Waals surface area contributed by atoms with E-state index in [0.29, 0.717) is 10.6 Å². The molecule has 1 aromatic heterocycles. The molecule has 1 atom stereocenters. The molecule has 0 saturated carbocycles. The highest BCUT2D eigenvalue weighted by Crippen LogP contribution is 2.28. The summed E-state index contributed by atoms with van der Waals surface area (Å²) in [5.74, 6) is -0.297. The topological polar surface area (TPSA) is 29.9 Å². The number of hydrogen-bond donors (Lipinski definition) is 1. The van der Waals surface area contributed by atoms with Crippen molar-refractivity contribution in [3.05, 3.63) is 52.1 Å². The molecular weight excluding hydrogens is 277 g/mol. The number of aryl methyl sites for hydroxylation is 2. The van der Waals surface area contributed by atoms with Gasteiger partial charge in [-0.2, -0.15) is 5.10 Å². The molecule has 0 saturated heterocycles. The van der Waals surface area contributed by atoms with Gasteiger partial charge in [0.25, 0.3) is 0 Å². The van der Waals surface area contributed by atoms with E-state index in [9.17, 15) is 4.39 Å². The van der Waals surface area contributed by atoms with E-state index in [0.717, 1.165) is 24.2 Å². The van der Waals surface area contributed by atoms with Crippen LogP contribution >= 0.6 is 11.6 Å². The smallest absolute Gasteiger partial charge is 0.129 e. The molecule has 0 bridgehead atoms. The second-order valence-corrected chi connectivity index (χ2v) is 5.15. The minimum absolute atomic E-state index is 0.207. The van der Waals surface area contributed by atoms with Gasteiger partial charge in [-0.1, -0.05) is 31.5 Å². The highest BCUT2D eigenvalue weighted by molar-refractivity contribution is 6.30. The van der Waals surface area contributed by atoms with E-state index >= 15 is 0 Å². The Morgan fingerprint density at radius 3 is 2.70 bits per heavy atom. The van der Waals surface area contributed by atoms with Crippen LogP contribution in [-0.4, -0.2) is 16.3 Å². The number of nitrogens with one attached hydrogen (secondary N) is 1. The van der Waals surface area contributed by atoms with Crippen LogP contribution in [0.4, 0.5) is 4.39 Å². The number of halogens is 2. The quantitative estimate of drug-likeness (QED) is 0.915. The third kappa shape index (κ3) is 3.02. The van der Waals surface area contributed by atoms with Crippen LogP contribution < -0.4 is 5.32 Å².